The number of nitrogens with two attached hydrogens (primary N) is 2. The molecule has 1 amide bonds. The second-order valence-corrected chi connectivity index (χ2v) is 7.96. The van der Waals surface area contributed by atoms with Gasteiger partial charge < -0.3 is 5.84 Å². The predicted octanol–water partition coefficient (Wildman–Crippen LogP) is 1.88. The van der Waals surface area contributed by atoms with Gasteiger partial charge in [0.25, 0.3) is 0 Å². The fourth-order valence-electron chi connectivity index (χ4n) is 3.61. The number of hydrogen-bond acceptors (Lipinski definition) is 9. The van der Waals surface area contributed by atoms with E-state index in [4.69, 9.17) is 11.7 Å². The first-order valence-electron chi connectivity index (χ1n) is 10.3. The van der Waals surface area contributed by atoms with Crippen LogP contribution >= 0.6 is 0 Å². The molecular formula is C22H19N11O. The van der Waals surface area contributed by atoms with Gasteiger partial charge in [-0.25, -0.2) is 25.5 Å². The van der Waals surface area contributed by atoms with Crippen LogP contribution in [0.4, 0.5) is 5.69 Å². The molecule has 0 fully saturated rings. The van der Waals surface area contributed by atoms with Crippen LogP contribution in [-0.4, -0.2) is 40.7 Å². The normalized spacial score (nSPS) is 11.3. The van der Waals surface area contributed by atoms with Crippen molar-refractivity contribution in [2.45, 2.75) is 13.8 Å². The van der Waals surface area contributed by atoms with Crippen molar-refractivity contribution in [2.75, 3.05) is 10.9 Å². The highest BCUT2D eigenvalue weighted by Crippen LogP contribution is 2.31. The summed E-state index contributed by atoms with van der Waals surface area (Å²) >= 11 is 0. The quantitative estimate of drug-likeness (QED) is 0.208. The van der Waals surface area contributed by atoms with Crippen molar-refractivity contribution in [3.8, 4) is 28.7 Å². The number of hydrazine groups is 1. The molecule has 0 saturated heterocycles. The van der Waals surface area contributed by atoms with Crippen LogP contribution < -0.4 is 16.7 Å². The number of H-pyrrole nitrogens is 1. The van der Waals surface area contributed by atoms with Crippen molar-refractivity contribution >= 4 is 33.7 Å². The first-order chi connectivity index (χ1) is 16.4. The average Bonchev–Trinajstić information content (AvgIpc) is 3.43. The Morgan fingerprint density at radius 2 is 1.91 bits per heavy atom. The van der Waals surface area contributed by atoms with E-state index in [2.05, 4.69) is 36.2 Å². The summed E-state index contributed by atoms with van der Waals surface area (Å²) in [6, 6.07) is 5.71. The summed E-state index contributed by atoms with van der Waals surface area (Å²) in [5.74, 6) is 12.1. The van der Waals surface area contributed by atoms with Crippen LogP contribution in [0.5, 0.6) is 0 Å². The third-order valence-corrected chi connectivity index (χ3v) is 5.42. The maximum absolute atomic E-state index is 12.3. The van der Waals surface area contributed by atoms with Gasteiger partial charge in [0.15, 0.2) is 11.5 Å². The fourth-order valence-corrected chi connectivity index (χ4v) is 3.61. The van der Waals surface area contributed by atoms with Gasteiger partial charge in [-0.3, -0.25) is 19.9 Å². The van der Waals surface area contributed by atoms with Crippen LogP contribution in [0.1, 0.15) is 19.4 Å². The largest absolute Gasteiger partial charge is 0.337 e. The van der Waals surface area contributed by atoms with Crippen molar-refractivity contribution in [1.29, 1.82) is 5.26 Å². The minimum absolute atomic E-state index is 0.224. The number of nitrogen functional groups attached to an aromatic ring is 1. The second kappa shape index (κ2) is 7.91. The smallest absolute Gasteiger partial charge is 0.243 e. The van der Waals surface area contributed by atoms with E-state index in [0.29, 0.717) is 50.4 Å². The number of aromatic nitrogens is 7. The number of anilines is 1. The van der Waals surface area contributed by atoms with Gasteiger partial charge in [0.2, 0.25) is 5.91 Å². The maximum Gasteiger partial charge on any atom is 0.243 e. The lowest BCUT2D eigenvalue weighted by Crippen LogP contribution is -2.40. The molecule has 34 heavy (non-hydrogen) atoms. The number of aromatic amines is 1. The molecular weight excluding hydrogens is 434 g/mol. The Kier molecular flexibility index (Phi) is 4.88. The van der Waals surface area contributed by atoms with Crippen molar-refractivity contribution in [3.63, 3.8) is 0 Å². The number of imidazole rings is 1. The van der Waals surface area contributed by atoms with E-state index in [0.717, 1.165) is 10.6 Å². The Morgan fingerprint density at radius 3 is 2.68 bits per heavy atom. The topological polar surface area (TPSA) is 181 Å². The van der Waals surface area contributed by atoms with Gasteiger partial charge in [0.05, 0.1) is 29.0 Å². The maximum atomic E-state index is 12.3. The SMILES string of the molecule is CC(C)C(=O)N(N)c1cncc(-c2cnc3[nH]nc(-c4nc5c(C#N)cncc5n4N)c3c2)c1. The van der Waals surface area contributed by atoms with E-state index in [1.54, 1.807) is 38.5 Å². The zero-order valence-electron chi connectivity index (χ0n) is 18.3. The van der Waals surface area contributed by atoms with Crippen LogP contribution in [0, 0.1) is 17.2 Å². The monoisotopic (exact) mass is 453 g/mol. The first kappa shape index (κ1) is 21.0. The zero-order chi connectivity index (χ0) is 24.0. The molecule has 0 spiro atoms. The molecule has 5 aromatic rings. The summed E-state index contributed by atoms with van der Waals surface area (Å²) in [5.41, 5.74) is 4.15. The summed E-state index contributed by atoms with van der Waals surface area (Å²) < 4.78 is 1.34. The van der Waals surface area contributed by atoms with Gasteiger partial charge in [0, 0.05) is 35.6 Å². The Bertz CT molecular complexity index is 1610. The molecule has 5 heterocycles. The second-order valence-electron chi connectivity index (χ2n) is 7.96. The van der Waals surface area contributed by atoms with Crippen molar-refractivity contribution in [3.05, 3.63) is 48.7 Å². The molecule has 0 radical (unpaired) electrons. The average molecular weight is 453 g/mol. The van der Waals surface area contributed by atoms with E-state index in [9.17, 15) is 10.1 Å². The molecule has 5 rings (SSSR count). The summed E-state index contributed by atoms with van der Waals surface area (Å²) in [6.07, 6.45) is 7.82. The number of carbonyl (C=O) groups is 1. The minimum Gasteiger partial charge on any atom is -0.337 e. The van der Waals surface area contributed by atoms with Crippen molar-refractivity contribution < 1.29 is 4.79 Å². The molecule has 0 aliphatic carbocycles. The molecule has 12 heteroatoms. The summed E-state index contributed by atoms with van der Waals surface area (Å²) in [6.45, 7) is 3.55. The standard InChI is InChI=1S/C22H19N11O/c1-11(2)22(34)32(24)15-3-12(6-26-9-15)13-4-16-19(30-31-20(16)28-8-13)21-29-18-14(5-23)7-27-10-17(18)33(21)25/h3-4,6-11H,24-25H2,1-2H3,(H,28,30,31). The number of fused-ring (bicyclic) bond motifs is 2. The lowest BCUT2D eigenvalue weighted by Gasteiger charge is -2.19. The molecule has 168 valence electrons. The molecule has 0 saturated carbocycles. The van der Waals surface area contributed by atoms with Crippen LogP contribution in [-0.2, 0) is 4.79 Å². The number of hydrogen-bond donors (Lipinski definition) is 3. The van der Waals surface area contributed by atoms with E-state index in [1.165, 1.54) is 17.1 Å². The number of nitriles is 1. The van der Waals surface area contributed by atoms with E-state index in [1.807, 2.05) is 6.07 Å². The molecule has 0 bridgehead atoms. The molecule has 0 aliphatic rings. The van der Waals surface area contributed by atoms with E-state index >= 15 is 0 Å². The number of nitrogens with zero attached hydrogens (tertiary/aromatic N) is 8. The first-order valence-corrected chi connectivity index (χ1v) is 10.3. The predicted molar refractivity (Wildman–Crippen MR) is 125 cm³/mol. The third kappa shape index (κ3) is 3.28. The van der Waals surface area contributed by atoms with Gasteiger partial charge in [-0.2, -0.15) is 10.4 Å². The van der Waals surface area contributed by atoms with E-state index in [-0.39, 0.29) is 11.8 Å². The van der Waals surface area contributed by atoms with Gasteiger partial charge in [-0.05, 0) is 12.1 Å². The Labute approximate surface area is 192 Å². The third-order valence-electron chi connectivity index (χ3n) is 5.42. The Balaban J connectivity index is 1.62. The molecule has 12 nitrogen and oxygen atoms in total. The van der Waals surface area contributed by atoms with E-state index < -0.39 is 0 Å². The molecule has 0 atom stereocenters. The summed E-state index contributed by atoms with van der Waals surface area (Å²) in [5, 5.41) is 18.4. The Morgan fingerprint density at radius 1 is 1.15 bits per heavy atom. The van der Waals surface area contributed by atoms with Gasteiger partial charge in [-0.15, -0.1) is 0 Å². The number of carbonyl (C=O) groups excluding carboxylic acids is 1. The molecule has 0 aliphatic heterocycles. The molecule has 5 aromatic heterocycles. The minimum atomic E-state index is -0.257. The zero-order valence-corrected chi connectivity index (χ0v) is 18.3. The lowest BCUT2D eigenvalue weighted by molar-refractivity contribution is -0.121. The van der Waals surface area contributed by atoms with Gasteiger partial charge in [0.1, 0.15) is 22.8 Å². The number of pyridine rings is 3. The number of rotatable bonds is 4. The number of amides is 1. The highest BCUT2D eigenvalue weighted by atomic mass is 16.2. The van der Waals surface area contributed by atoms with Gasteiger partial charge in [-0.1, -0.05) is 13.8 Å². The molecule has 0 aromatic carbocycles. The Hall–Kier alpha value is -4.89. The van der Waals surface area contributed by atoms with Crippen molar-refractivity contribution in [1.82, 2.24) is 34.8 Å². The highest BCUT2D eigenvalue weighted by molar-refractivity contribution is 5.96. The lowest BCUT2D eigenvalue weighted by atomic mass is 10.1. The van der Waals surface area contributed by atoms with Crippen LogP contribution in [0.2, 0.25) is 0 Å². The highest BCUT2D eigenvalue weighted by Gasteiger charge is 2.20. The van der Waals surface area contributed by atoms with Crippen LogP contribution in [0.3, 0.4) is 0 Å². The summed E-state index contributed by atoms with van der Waals surface area (Å²) in [4.78, 5) is 29.6. The van der Waals surface area contributed by atoms with Crippen LogP contribution in [0.25, 0.3) is 44.7 Å². The molecule has 0 unspecified atom stereocenters. The van der Waals surface area contributed by atoms with Gasteiger partial charge >= 0.3 is 0 Å². The van der Waals surface area contributed by atoms with Crippen molar-refractivity contribution in [2.24, 2.45) is 11.8 Å². The summed E-state index contributed by atoms with van der Waals surface area (Å²) in [7, 11) is 0. The number of nitrogens with one attached hydrogen (secondary N) is 1. The fraction of sp³-hybridized carbons (Fsp3) is 0.136. The van der Waals surface area contributed by atoms with Crippen LogP contribution in [0.15, 0.2) is 43.1 Å². The molecule has 5 N–H and O–H groups in total.